The summed E-state index contributed by atoms with van der Waals surface area (Å²) in [6.07, 6.45) is 2.29. The smallest absolute Gasteiger partial charge is 0.254 e. The first kappa shape index (κ1) is 13.4. The number of likely N-dealkylation sites (N-methyl/N-ethyl adjacent to an activating group) is 1. The lowest BCUT2D eigenvalue weighted by Gasteiger charge is -2.27. The number of aromatic hydroxyl groups is 1. The van der Waals surface area contributed by atoms with Crippen LogP contribution in [-0.2, 0) is 0 Å². The Kier molecular flexibility index (Phi) is 3.92. The second-order valence-corrected chi connectivity index (χ2v) is 5.58. The van der Waals surface area contributed by atoms with Crippen LogP contribution in [0.25, 0.3) is 0 Å². The van der Waals surface area contributed by atoms with Gasteiger partial charge in [0, 0.05) is 25.2 Å². The molecule has 18 heavy (non-hydrogen) atoms. The summed E-state index contributed by atoms with van der Waals surface area (Å²) in [7, 11) is 1.78. The minimum Gasteiger partial charge on any atom is -0.507 e. The summed E-state index contributed by atoms with van der Waals surface area (Å²) in [6, 6.07) is 4.94. The van der Waals surface area contributed by atoms with Gasteiger partial charge in [0.25, 0.3) is 5.91 Å². The maximum absolute atomic E-state index is 12.3. The highest BCUT2D eigenvalue weighted by Gasteiger charge is 2.35. The van der Waals surface area contributed by atoms with Gasteiger partial charge in [0.05, 0.1) is 4.47 Å². The number of nitrogens with two attached hydrogens (primary N) is 1. The van der Waals surface area contributed by atoms with Gasteiger partial charge in [-0.25, -0.2) is 0 Å². The maximum atomic E-state index is 12.3. The zero-order valence-corrected chi connectivity index (χ0v) is 11.9. The number of phenols is 1. The van der Waals surface area contributed by atoms with Crippen LogP contribution in [0.5, 0.6) is 5.75 Å². The fourth-order valence-electron chi connectivity index (χ4n) is 2.15. The van der Waals surface area contributed by atoms with Crippen LogP contribution in [0.1, 0.15) is 23.2 Å². The number of carbonyl (C=O) groups excluding carboxylic acids is 1. The highest BCUT2D eigenvalue weighted by Crippen LogP contribution is 2.35. The van der Waals surface area contributed by atoms with E-state index < -0.39 is 0 Å². The number of carbonyl (C=O) groups is 1. The molecule has 4 nitrogen and oxygen atoms in total. The van der Waals surface area contributed by atoms with Gasteiger partial charge in [-0.2, -0.15) is 0 Å². The van der Waals surface area contributed by atoms with Crippen molar-refractivity contribution in [3.05, 3.63) is 28.2 Å². The third-order valence-electron chi connectivity index (χ3n) is 3.42. The molecule has 0 heterocycles. The minimum absolute atomic E-state index is 0.0740. The summed E-state index contributed by atoms with van der Waals surface area (Å²) >= 11 is 3.20. The molecule has 1 atom stereocenters. The van der Waals surface area contributed by atoms with E-state index in [1.165, 1.54) is 6.07 Å². The fourth-order valence-corrected chi connectivity index (χ4v) is 2.39. The number of rotatable bonds is 4. The number of hydrogen-bond acceptors (Lipinski definition) is 3. The first-order valence-corrected chi connectivity index (χ1v) is 6.79. The van der Waals surface area contributed by atoms with Crippen LogP contribution < -0.4 is 5.73 Å². The Bertz CT molecular complexity index is 460. The van der Waals surface area contributed by atoms with Crippen LogP contribution in [0.2, 0.25) is 0 Å². The molecule has 1 aromatic rings. The second-order valence-electron chi connectivity index (χ2n) is 4.72. The maximum Gasteiger partial charge on any atom is 0.254 e. The Hall–Kier alpha value is -1.07. The van der Waals surface area contributed by atoms with E-state index in [1.807, 2.05) is 0 Å². The molecular formula is C13H17BrN2O2. The van der Waals surface area contributed by atoms with Crippen molar-refractivity contribution in [2.45, 2.75) is 18.9 Å². The molecule has 0 saturated heterocycles. The molecule has 1 aliphatic rings. The average molecular weight is 313 g/mol. The number of halogens is 1. The molecule has 2 rings (SSSR count). The van der Waals surface area contributed by atoms with E-state index in [0.717, 1.165) is 12.8 Å². The summed E-state index contributed by atoms with van der Waals surface area (Å²) < 4.78 is 0.583. The molecule has 1 amide bonds. The molecule has 1 fully saturated rings. The first-order valence-electron chi connectivity index (χ1n) is 6.00. The average Bonchev–Trinajstić information content (AvgIpc) is 3.17. The van der Waals surface area contributed by atoms with Crippen LogP contribution in [0.15, 0.2) is 22.7 Å². The third-order valence-corrected chi connectivity index (χ3v) is 4.09. The molecule has 98 valence electrons. The number of amides is 1. The van der Waals surface area contributed by atoms with Crippen molar-refractivity contribution in [2.24, 2.45) is 11.7 Å². The van der Waals surface area contributed by atoms with Crippen molar-refractivity contribution >= 4 is 21.8 Å². The molecule has 0 bridgehead atoms. The topological polar surface area (TPSA) is 66.6 Å². The number of hydrogen-bond donors (Lipinski definition) is 2. The molecule has 0 aromatic heterocycles. The van der Waals surface area contributed by atoms with E-state index in [2.05, 4.69) is 15.9 Å². The largest absolute Gasteiger partial charge is 0.507 e. The predicted octanol–water partition coefficient (Wildman–Crippen LogP) is 1.96. The molecule has 0 spiro atoms. The molecular weight excluding hydrogens is 296 g/mol. The Morgan fingerprint density at radius 2 is 2.28 bits per heavy atom. The molecule has 1 saturated carbocycles. The highest BCUT2D eigenvalue weighted by molar-refractivity contribution is 9.10. The lowest BCUT2D eigenvalue weighted by atomic mass is 10.1. The zero-order valence-electron chi connectivity index (χ0n) is 10.3. The van der Waals surface area contributed by atoms with E-state index in [0.29, 0.717) is 22.5 Å². The van der Waals surface area contributed by atoms with Crippen molar-refractivity contribution in [3.63, 3.8) is 0 Å². The van der Waals surface area contributed by atoms with Crippen LogP contribution in [0.3, 0.4) is 0 Å². The summed E-state index contributed by atoms with van der Waals surface area (Å²) in [4.78, 5) is 14.0. The molecule has 1 aliphatic carbocycles. The molecule has 5 heteroatoms. The zero-order chi connectivity index (χ0) is 13.3. The van der Waals surface area contributed by atoms with Gasteiger partial charge >= 0.3 is 0 Å². The number of benzene rings is 1. The Morgan fingerprint density at radius 1 is 1.61 bits per heavy atom. The van der Waals surface area contributed by atoms with Crippen molar-refractivity contribution < 1.29 is 9.90 Å². The summed E-state index contributed by atoms with van der Waals surface area (Å²) in [5.74, 6) is 0.512. The van der Waals surface area contributed by atoms with Crippen molar-refractivity contribution in [2.75, 3.05) is 13.6 Å². The SMILES string of the molecule is CN(C(=O)c1ccc(Br)c(O)c1)C(CN)C1CC1. The monoisotopic (exact) mass is 312 g/mol. The van der Waals surface area contributed by atoms with E-state index >= 15 is 0 Å². The van der Waals surface area contributed by atoms with Crippen LogP contribution in [0.4, 0.5) is 0 Å². The Labute approximate surface area is 115 Å². The van der Waals surface area contributed by atoms with E-state index in [1.54, 1.807) is 24.1 Å². The normalized spacial score (nSPS) is 16.4. The Balaban J connectivity index is 2.16. The summed E-state index contributed by atoms with van der Waals surface area (Å²) in [5, 5.41) is 9.61. The molecule has 1 aromatic carbocycles. The predicted molar refractivity (Wildman–Crippen MR) is 73.5 cm³/mol. The standard InChI is InChI=1S/C13H17BrN2O2/c1-16(11(7-15)8-2-3-8)13(18)9-4-5-10(14)12(17)6-9/h4-6,8,11,17H,2-3,7,15H2,1H3. The van der Waals surface area contributed by atoms with Gasteiger partial charge in [-0.3, -0.25) is 4.79 Å². The summed E-state index contributed by atoms with van der Waals surface area (Å²) in [6.45, 7) is 0.482. The summed E-state index contributed by atoms with van der Waals surface area (Å²) in [5.41, 5.74) is 6.22. The molecule has 0 radical (unpaired) electrons. The highest BCUT2D eigenvalue weighted by atomic mass is 79.9. The number of phenolic OH excluding ortho intramolecular Hbond substituents is 1. The lowest BCUT2D eigenvalue weighted by Crippen LogP contribution is -2.43. The van der Waals surface area contributed by atoms with Crippen molar-refractivity contribution in [3.8, 4) is 5.75 Å². The van der Waals surface area contributed by atoms with Gasteiger partial charge in [-0.1, -0.05) is 0 Å². The van der Waals surface area contributed by atoms with Gasteiger partial charge < -0.3 is 15.7 Å². The Morgan fingerprint density at radius 3 is 2.78 bits per heavy atom. The lowest BCUT2D eigenvalue weighted by molar-refractivity contribution is 0.0718. The van der Waals surface area contributed by atoms with Crippen molar-refractivity contribution in [1.29, 1.82) is 0 Å². The van der Waals surface area contributed by atoms with E-state index in [4.69, 9.17) is 5.73 Å². The first-order chi connectivity index (χ1) is 8.54. The van der Waals surface area contributed by atoms with Gasteiger partial charge in [-0.15, -0.1) is 0 Å². The fraction of sp³-hybridized carbons (Fsp3) is 0.462. The van der Waals surface area contributed by atoms with Gasteiger partial charge in [0.2, 0.25) is 0 Å². The third kappa shape index (κ3) is 2.67. The van der Waals surface area contributed by atoms with Gasteiger partial charge in [0.15, 0.2) is 0 Å². The van der Waals surface area contributed by atoms with Crippen molar-refractivity contribution in [1.82, 2.24) is 4.90 Å². The molecule has 0 aliphatic heterocycles. The van der Waals surface area contributed by atoms with Gasteiger partial charge in [0.1, 0.15) is 5.75 Å². The molecule has 3 N–H and O–H groups in total. The van der Waals surface area contributed by atoms with Crippen LogP contribution in [-0.4, -0.2) is 35.5 Å². The van der Waals surface area contributed by atoms with E-state index in [-0.39, 0.29) is 17.7 Å². The van der Waals surface area contributed by atoms with Crippen LogP contribution in [0, 0.1) is 5.92 Å². The molecule has 1 unspecified atom stereocenters. The van der Waals surface area contributed by atoms with Crippen LogP contribution >= 0.6 is 15.9 Å². The minimum atomic E-state index is -0.0971. The second kappa shape index (κ2) is 5.28. The quantitative estimate of drug-likeness (QED) is 0.893. The number of nitrogens with zero attached hydrogens (tertiary/aromatic N) is 1. The van der Waals surface area contributed by atoms with E-state index in [9.17, 15) is 9.90 Å². The van der Waals surface area contributed by atoms with Gasteiger partial charge in [-0.05, 0) is 52.9 Å².